The number of carbonyl (C=O) groups excluding carboxylic acids is 1. The summed E-state index contributed by atoms with van der Waals surface area (Å²) >= 11 is 0. The maximum atomic E-state index is 11.3. The molecule has 0 aliphatic carbocycles. The molecule has 1 aromatic rings. The number of ether oxygens (including phenoxy) is 2. The number of rotatable bonds is 3. The minimum Gasteiger partial charge on any atom is -0.478 e. The zero-order valence-corrected chi connectivity index (χ0v) is 9.23. The van der Waals surface area contributed by atoms with E-state index in [1.165, 1.54) is 0 Å². The quantitative estimate of drug-likeness (QED) is 0.778. The van der Waals surface area contributed by atoms with Crippen molar-refractivity contribution in [2.24, 2.45) is 5.73 Å². The highest BCUT2D eigenvalue weighted by molar-refractivity contribution is 5.77. The van der Waals surface area contributed by atoms with Gasteiger partial charge in [-0.3, -0.25) is 0 Å². The average Bonchev–Trinajstić information content (AvgIpc) is 2.67. The second-order valence-electron chi connectivity index (χ2n) is 3.83. The summed E-state index contributed by atoms with van der Waals surface area (Å²) in [5, 5.41) is 0. The van der Waals surface area contributed by atoms with E-state index < -0.39 is 6.10 Å². The van der Waals surface area contributed by atoms with Gasteiger partial charge in [-0.25, -0.2) is 4.79 Å². The van der Waals surface area contributed by atoms with Crippen molar-refractivity contribution in [3.8, 4) is 5.75 Å². The van der Waals surface area contributed by atoms with E-state index in [4.69, 9.17) is 15.2 Å². The van der Waals surface area contributed by atoms with Crippen LogP contribution < -0.4 is 10.5 Å². The van der Waals surface area contributed by atoms with Gasteiger partial charge in [-0.15, -0.1) is 0 Å². The van der Waals surface area contributed by atoms with Crippen molar-refractivity contribution in [3.05, 3.63) is 29.3 Å². The van der Waals surface area contributed by atoms with E-state index in [-0.39, 0.29) is 5.97 Å². The SMILES string of the molecule is Cc1cccc(CN)c1OC1CCOC1=O. The van der Waals surface area contributed by atoms with E-state index in [0.717, 1.165) is 11.1 Å². The lowest BCUT2D eigenvalue weighted by molar-refractivity contribution is -0.143. The Morgan fingerprint density at radius 3 is 3.00 bits per heavy atom. The maximum absolute atomic E-state index is 11.3. The number of para-hydroxylation sites is 1. The molecule has 1 heterocycles. The number of esters is 1. The molecule has 1 aromatic carbocycles. The highest BCUT2D eigenvalue weighted by atomic mass is 16.6. The third kappa shape index (κ3) is 2.02. The molecule has 1 unspecified atom stereocenters. The molecule has 0 bridgehead atoms. The predicted molar refractivity (Wildman–Crippen MR) is 59.1 cm³/mol. The zero-order chi connectivity index (χ0) is 11.5. The van der Waals surface area contributed by atoms with E-state index in [1.54, 1.807) is 0 Å². The minimum atomic E-state index is -0.480. The van der Waals surface area contributed by atoms with Crippen LogP contribution in [0, 0.1) is 6.92 Å². The van der Waals surface area contributed by atoms with Gasteiger partial charge in [-0.2, -0.15) is 0 Å². The van der Waals surface area contributed by atoms with E-state index in [9.17, 15) is 4.79 Å². The third-order valence-electron chi connectivity index (χ3n) is 2.66. The standard InChI is InChI=1S/C12H15NO3/c1-8-3-2-4-9(7-13)11(8)16-10-5-6-15-12(10)14/h2-4,10H,5-7,13H2,1H3. The fraction of sp³-hybridized carbons (Fsp3) is 0.417. The molecule has 16 heavy (non-hydrogen) atoms. The van der Waals surface area contributed by atoms with Gasteiger partial charge in [0, 0.05) is 18.5 Å². The molecule has 1 aliphatic heterocycles. The molecule has 0 amide bonds. The summed E-state index contributed by atoms with van der Waals surface area (Å²) in [7, 11) is 0. The molecule has 2 rings (SSSR count). The van der Waals surface area contributed by atoms with Crippen LogP contribution in [0.15, 0.2) is 18.2 Å². The van der Waals surface area contributed by atoms with E-state index in [1.807, 2.05) is 25.1 Å². The van der Waals surface area contributed by atoms with Gasteiger partial charge < -0.3 is 15.2 Å². The number of hydrogen-bond donors (Lipinski definition) is 1. The Hall–Kier alpha value is -1.55. The monoisotopic (exact) mass is 221 g/mol. The summed E-state index contributed by atoms with van der Waals surface area (Å²) < 4.78 is 10.5. The van der Waals surface area contributed by atoms with Crippen molar-refractivity contribution in [1.29, 1.82) is 0 Å². The van der Waals surface area contributed by atoms with Crippen molar-refractivity contribution >= 4 is 5.97 Å². The van der Waals surface area contributed by atoms with Crippen LogP contribution in [0.2, 0.25) is 0 Å². The lowest BCUT2D eigenvalue weighted by Gasteiger charge is -2.15. The lowest BCUT2D eigenvalue weighted by Crippen LogP contribution is -2.23. The molecule has 4 nitrogen and oxygen atoms in total. The van der Waals surface area contributed by atoms with Crippen LogP contribution in [0.5, 0.6) is 5.75 Å². The highest BCUT2D eigenvalue weighted by Crippen LogP contribution is 2.26. The number of nitrogens with two attached hydrogens (primary N) is 1. The van der Waals surface area contributed by atoms with Gasteiger partial charge in [-0.05, 0) is 12.5 Å². The van der Waals surface area contributed by atoms with Crippen LogP contribution in [0.1, 0.15) is 17.5 Å². The second-order valence-corrected chi connectivity index (χ2v) is 3.83. The molecule has 0 aromatic heterocycles. The first-order chi connectivity index (χ1) is 7.72. The summed E-state index contributed by atoms with van der Waals surface area (Å²) in [6, 6.07) is 5.77. The van der Waals surface area contributed by atoms with Crippen LogP contribution >= 0.6 is 0 Å². The predicted octanol–water partition coefficient (Wildman–Crippen LogP) is 1.15. The summed E-state index contributed by atoms with van der Waals surface area (Å²) in [5.41, 5.74) is 7.54. The molecular formula is C12H15NO3. The van der Waals surface area contributed by atoms with Gasteiger partial charge in [0.05, 0.1) is 6.61 Å². The first-order valence-corrected chi connectivity index (χ1v) is 5.34. The fourth-order valence-corrected chi connectivity index (χ4v) is 1.77. The van der Waals surface area contributed by atoms with Gasteiger partial charge in [0.2, 0.25) is 0 Å². The van der Waals surface area contributed by atoms with Gasteiger partial charge in [0.25, 0.3) is 0 Å². The molecule has 1 fully saturated rings. The van der Waals surface area contributed by atoms with Crippen molar-refractivity contribution in [3.63, 3.8) is 0 Å². The topological polar surface area (TPSA) is 61.6 Å². The first kappa shape index (κ1) is 11.0. The lowest BCUT2D eigenvalue weighted by atomic mass is 10.1. The number of aryl methyl sites for hydroxylation is 1. The van der Waals surface area contributed by atoms with E-state index in [0.29, 0.717) is 25.3 Å². The largest absolute Gasteiger partial charge is 0.478 e. The Labute approximate surface area is 94.3 Å². The Morgan fingerprint density at radius 1 is 1.56 bits per heavy atom. The molecule has 86 valence electrons. The molecule has 1 aliphatic rings. The summed E-state index contributed by atoms with van der Waals surface area (Å²) in [5.74, 6) is 0.431. The van der Waals surface area contributed by atoms with Crippen LogP contribution in [-0.4, -0.2) is 18.7 Å². The summed E-state index contributed by atoms with van der Waals surface area (Å²) in [6.45, 7) is 2.78. The molecule has 4 heteroatoms. The Kier molecular flexibility index (Phi) is 3.10. The van der Waals surface area contributed by atoms with Crippen LogP contribution in [0.25, 0.3) is 0 Å². The first-order valence-electron chi connectivity index (χ1n) is 5.34. The van der Waals surface area contributed by atoms with Crippen molar-refractivity contribution in [2.75, 3.05) is 6.61 Å². The second kappa shape index (κ2) is 4.53. The van der Waals surface area contributed by atoms with Gasteiger partial charge in [0.1, 0.15) is 5.75 Å². The summed E-state index contributed by atoms with van der Waals surface area (Å²) in [6.07, 6.45) is 0.128. The number of hydrogen-bond acceptors (Lipinski definition) is 4. The van der Waals surface area contributed by atoms with Crippen LogP contribution in [0.4, 0.5) is 0 Å². The van der Waals surface area contributed by atoms with Crippen molar-refractivity contribution in [1.82, 2.24) is 0 Å². The van der Waals surface area contributed by atoms with Crippen molar-refractivity contribution in [2.45, 2.75) is 26.0 Å². The zero-order valence-electron chi connectivity index (χ0n) is 9.23. The fourth-order valence-electron chi connectivity index (χ4n) is 1.77. The van der Waals surface area contributed by atoms with Crippen LogP contribution in [-0.2, 0) is 16.1 Å². The number of carbonyl (C=O) groups is 1. The Morgan fingerprint density at radius 2 is 2.38 bits per heavy atom. The van der Waals surface area contributed by atoms with Crippen molar-refractivity contribution < 1.29 is 14.3 Å². The number of cyclic esters (lactones) is 1. The van der Waals surface area contributed by atoms with Gasteiger partial charge in [-0.1, -0.05) is 18.2 Å². The minimum absolute atomic E-state index is 0.286. The van der Waals surface area contributed by atoms with E-state index >= 15 is 0 Å². The molecule has 0 spiro atoms. The van der Waals surface area contributed by atoms with E-state index in [2.05, 4.69) is 0 Å². The molecular weight excluding hydrogens is 206 g/mol. The number of benzene rings is 1. The summed E-state index contributed by atoms with van der Waals surface area (Å²) in [4.78, 5) is 11.3. The third-order valence-corrected chi connectivity index (χ3v) is 2.66. The maximum Gasteiger partial charge on any atom is 0.347 e. The smallest absolute Gasteiger partial charge is 0.347 e. The Bertz CT molecular complexity index is 403. The molecule has 0 radical (unpaired) electrons. The molecule has 0 saturated carbocycles. The van der Waals surface area contributed by atoms with Gasteiger partial charge >= 0.3 is 5.97 Å². The normalized spacial score (nSPS) is 19.6. The van der Waals surface area contributed by atoms with Crippen LogP contribution in [0.3, 0.4) is 0 Å². The van der Waals surface area contributed by atoms with Gasteiger partial charge in [0.15, 0.2) is 6.10 Å². The molecule has 1 saturated heterocycles. The highest BCUT2D eigenvalue weighted by Gasteiger charge is 2.29. The Balaban J connectivity index is 2.22. The molecule has 1 atom stereocenters. The average molecular weight is 221 g/mol. The molecule has 2 N–H and O–H groups in total.